The topological polar surface area (TPSA) is 21.3 Å². The van der Waals surface area contributed by atoms with Gasteiger partial charge in [-0.05, 0) is 55.8 Å². The fourth-order valence-corrected chi connectivity index (χ4v) is 3.02. The lowest BCUT2D eigenvalue weighted by molar-refractivity contribution is 0.238. The Morgan fingerprint density at radius 2 is 2.18 bits per heavy atom. The highest BCUT2D eigenvalue weighted by atomic mass is 16.5. The smallest absolute Gasteiger partial charge is 0.122 e. The summed E-state index contributed by atoms with van der Waals surface area (Å²) in [6, 6.07) is 7.29. The predicted octanol–water partition coefficient (Wildman–Crippen LogP) is 3.07. The molecule has 17 heavy (non-hydrogen) atoms. The van der Waals surface area contributed by atoms with Crippen molar-refractivity contribution in [2.24, 2.45) is 5.92 Å². The van der Waals surface area contributed by atoms with Crippen molar-refractivity contribution in [2.75, 3.05) is 13.7 Å². The Labute approximate surface area is 103 Å². The Kier molecular flexibility index (Phi) is 3.06. The summed E-state index contributed by atoms with van der Waals surface area (Å²) in [5.41, 5.74) is 2.84. The zero-order chi connectivity index (χ0) is 11.7. The van der Waals surface area contributed by atoms with Crippen LogP contribution in [0.2, 0.25) is 0 Å². The van der Waals surface area contributed by atoms with E-state index in [1.807, 2.05) is 0 Å². The van der Waals surface area contributed by atoms with E-state index in [-0.39, 0.29) is 0 Å². The van der Waals surface area contributed by atoms with E-state index in [2.05, 4.69) is 30.6 Å². The highest BCUT2D eigenvalue weighted by molar-refractivity contribution is 5.39. The molecule has 1 aliphatic carbocycles. The fraction of sp³-hybridized carbons (Fsp3) is 0.600. The zero-order valence-electron chi connectivity index (χ0n) is 10.5. The molecule has 0 saturated heterocycles. The van der Waals surface area contributed by atoms with Gasteiger partial charge in [0.2, 0.25) is 0 Å². The van der Waals surface area contributed by atoms with Gasteiger partial charge >= 0.3 is 0 Å². The first-order valence-electron chi connectivity index (χ1n) is 6.81. The molecule has 1 N–H and O–H groups in total. The SMILES string of the molecule is CNC(c1ccc2c(c1)CCCO2)C1CCC1. The van der Waals surface area contributed by atoms with Crippen LogP contribution in [0.5, 0.6) is 5.75 Å². The highest BCUT2D eigenvalue weighted by Gasteiger charge is 2.27. The van der Waals surface area contributed by atoms with Gasteiger partial charge in [0.1, 0.15) is 5.75 Å². The molecule has 2 nitrogen and oxygen atoms in total. The molecule has 1 heterocycles. The third-order valence-corrected chi connectivity index (χ3v) is 4.22. The minimum Gasteiger partial charge on any atom is -0.493 e. The maximum Gasteiger partial charge on any atom is 0.122 e. The monoisotopic (exact) mass is 231 g/mol. The van der Waals surface area contributed by atoms with Gasteiger partial charge in [-0.1, -0.05) is 18.6 Å². The lowest BCUT2D eigenvalue weighted by Crippen LogP contribution is -2.29. The molecular weight excluding hydrogens is 210 g/mol. The number of rotatable bonds is 3. The van der Waals surface area contributed by atoms with Crippen LogP contribution in [0.1, 0.15) is 42.9 Å². The second-order valence-electron chi connectivity index (χ2n) is 5.28. The highest BCUT2D eigenvalue weighted by Crippen LogP contribution is 2.39. The Hall–Kier alpha value is -1.02. The van der Waals surface area contributed by atoms with Gasteiger partial charge in [-0.25, -0.2) is 0 Å². The number of hydrogen-bond donors (Lipinski definition) is 1. The van der Waals surface area contributed by atoms with Crippen molar-refractivity contribution >= 4 is 0 Å². The molecule has 92 valence electrons. The van der Waals surface area contributed by atoms with Crippen LogP contribution in [0, 0.1) is 5.92 Å². The minimum atomic E-state index is 0.538. The summed E-state index contributed by atoms with van der Waals surface area (Å²) >= 11 is 0. The number of nitrogens with one attached hydrogen (secondary N) is 1. The van der Waals surface area contributed by atoms with Crippen molar-refractivity contribution in [1.29, 1.82) is 0 Å². The van der Waals surface area contributed by atoms with E-state index in [4.69, 9.17) is 4.74 Å². The Bertz CT molecular complexity index is 398. The first-order valence-corrected chi connectivity index (χ1v) is 6.81. The fourth-order valence-electron chi connectivity index (χ4n) is 3.02. The number of fused-ring (bicyclic) bond motifs is 1. The van der Waals surface area contributed by atoms with Crippen molar-refractivity contribution < 1.29 is 4.74 Å². The Morgan fingerprint density at radius 1 is 1.29 bits per heavy atom. The molecule has 0 bridgehead atoms. The molecule has 1 saturated carbocycles. The summed E-state index contributed by atoms with van der Waals surface area (Å²) < 4.78 is 5.67. The molecule has 1 unspecified atom stereocenters. The largest absolute Gasteiger partial charge is 0.493 e. The van der Waals surface area contributed by atoms with Gasteiger partial charge in [-0.15, -0.1) is 0 Å². The van der Waals surface area contributed by atoms with Crippen molar-refractivity contribution in [3.05, 3.63) is 29.3 Å². The van der Waals surface area contributed by atoms with E-state index >= 15 is 0 Å². The lowest BCUT2D eigenvalue weighted by atomic mass is 9.77. The number of hydrogen-bond acceptors (Lipinski definition) is 2. The maximum atomic E-state index is 5.67. The van der Waals surface area contributed by atoms with Crippen LogP contribution in [0.15, 0.2) is 18.2 Å². The Morgan fingerprint density at radius 3 is 2.88 bits per heavy atom. The zero-order valence-corrected chi connectivity index (χ0v) is 10.5. The van der Waals surface area contributed by atoms with Crippen molar-refractivity contribution in [1.82, 2.24) is 5.32 Å². The molecule has 1 aromatic carbocycles. The van der Waals surface area contributed by atoms with Gasteiger partial charge in [-0.2, -0.15) is 0 Å². The van der Waals surface area contributed by atoms with Crippen LogP contribution in [0.3, 0.4) is 0 Å². The molecular formula is C15H21NO. The third-order valence-electron chi connectivity index (χ3n) is 4.22. The second-order valence-corrected chi connectivity index (χ2v) is 5.28. The first-order chi connectivity index (χ1) is 8.38. The van der Waals surface area contributed by atoms with E-state index in [0.29, 0.717) is 6.04 Å². The van der Waals surface area contributed by atoms with E-state index in [0.717, 1.165) is 24.7 Å². The Balaban J connectivity index is 1.86. The average molecular weight is 231 g/mol. The summed E-state index contributed by atoms with van der Waals surface area (Å²) in [4.78, 5) is 0. The molecule has 0 amide bonds. The van der Waals surface area contributed by atoms with E-state index in [9.17, 15) is 0 Å². The van der Waals surface area contributed by atoms with Crippen LogP contribution < -0.4 is 10.1 Å². The molecule has 3 rings (SSSR count). The van der Waals surface area contributed by atoms with E-state index < -0.39 is 0 Å². The van der Waals surface area contributed by atoms with Crippen molar-refractivity contribution in [3.8, 4) is 5.75 Å². The number of benzene rings is 1. The van der Waals surface area contributed by atoms with Gasteiger partial charge < -0.3 is 10.1 Å². The summed E-state index contributed by atoms with van der Waals surface area (Å²) in [6.45, 7) is 0.879. The van der Waals surface area contributed by atoms with Gasteiger partial charge in [0.05, 0.1) is 6.61 Å². The maximum absolute atomic E-state index is 5.67. The lowest BCUT2D eigenvalue weighted by Gasteiger charge is -2.34. The van der Waals surface area contributed by atoms with Crippen molar-refractivity contribution in [3.63, 3.8) is 0 Å². The van der Waals surface area contributed by atoms with Crippen LogP contribution in [0.25, 0.3) is 0 Å². The normalized spacial score (nSPS) is 21.2. The molecule has 1 aliphatic heterocycles. The molecule has 0 aromatic heterocycles. The molecule has 1 fully saturated rings. The average Bonchev–Trinajstić information content (AvgIpc) is 2.33. The minimum absolute atomic E-state index is 0.538. The quantitative estimate of drug-likeness (QED) is 0.863. The van der Waals surface area contributed by atoms with Crippen LogP contribution >= 0.6 is 0 Å². The van der Waals surface area contributed by atoms with E-state index in [1.54, 1.807) is 0 Å². The van der Waals surface area contributed by atoms with Gasteiger partial charge in [0.15, 0.2) is 0 Å². The number of aryl methyl sites for hydroxylation is 1. The first kappa shape index (κ1) is 11.1. The summed E-state index contributed by atoms with van der Waals surface area (Å²) in [6.07, 6.45) is 6.48. The van der Waals surface area contributed by atoms with E-state index in [1.165, 1.54) is 36.8 Å². The summed E-state index contributed by atoms with van der Waals surface area (Å²) in [7, 11) is 2.08. The standard InChI is InChI=1S/C15H21NO/c1-16-15(11-4-2-5-11)13-7-8-14-12(10-13)6-3-9-17-14/h7-8,10-11,15-16H,2-6,9H2,1H3. The molecule has 0 spiro atoms. The molecule has 0 radical (unpaired) electrons. The summed E-state index contributed by atoms with van der Waals surface area (Å²) in [5.74, 6) is 1.94. The number of ether oxygens (including phenoxy) is 1. The molecule has 2 heteroatoms. The van der Waals surface area contributed by atoms with Gasteiger partial charge in [-0.3, -0.25) is 0 Å². The molecule has 2 aliphatic rings. The third kappa shape index (κ3) is 2.06. The van der Waals surface area contributed by atoms with Crippen LogP contribution in [-0.4, -0.2) is 13.7 Å². The van der Waals surface area contributed by atoms with Crippen LogP contribution in [0.4, 0.5) is 0 Å². The molecule has 1 atom stereocenters. The molecule has 1 aromatic rings. The van der Waals surface area contributed by atoms with Crippen LogP contribution in [-0.2, 0) is 6.42 Å². The van der Waals surface area contributed by atoms with Crippen molar-refractivity contribution in [2.45, 2.75) is 38.1 Å². The van der Waals surface area contributed by atoms with Gasteiger partial charge in [0, 0.05) is 6.04 Å². The summed E-state index contributed by atoms with van der Waals surface area (Å²) in [5, 5.41) is 3.49. The second kappa shape index (κ2) is 4.69. The predicted molar refractivity (Wildman–Crippen MR) is 69.4 cm³/mol. The van der Waals surface area contributed by atoms with Gasteiger partial charge in [0.25, 0.3) is 0 Å².